The molecule has 0 unspecified atom stereocenters. The minimum atomic E-state index is -0.589. The molecular weight excluding hydrogens is 336 g/mol. The van der Waals surface area contributed by atoms with Gasteiger partial charge in [-0.05, 0) is 24.3 Å². The van der Waals surface area contributed by atoms with E-state index < -0.39 is 4.92 Å². The monoisotopic (exact) mass is 354 g/mol. The van der Waals surface area contributed by atoms with Gasteiger partial charge >= 0.3 is 5.82 Å². The summed E-state index contributed by atoms with van der Waals surface area (Å²) < 4.78 is 3.02. The molecule has 26 heavy (non-hydrogen) atoms. The van der Waals surface area contributed by atoms with Crippen molar-refractivity contribution in [1.82, 2.24) is 19.6 Å². The zero-order chi connectivity index (χ0) is 18.7. The summed E-state index contributed by atoms with van der Waals surface area (Å²) in [7, 11) is 0. The van der Waals surface area contributed by atoms with Crippen molar-refractivity contribution < 1.29 is 9.72 Å². The van der Waals surface area contributed by atoms with E-state index in [9.17, 15) is 14.9 Å². The number of hydrogen-bond donors (Lipinski definition) is 1. The lowest BCUT2D eigenvalue weighted by atomic mass is 10.1. The maximum atomic E-state index is 12.1. The molecular formula is C17H18N6O3. The summed E-state index contributed by atoms with van der Waals surface area (Å²) in [5.74, 6) is -0.216. The molecule has 0 fully saturated rings. The van der Waals surface area contributed by atoms with Crippen molar-refractivity contribution in [2.75, 3.05) is 5.32 Å². The summed E-state index contributed by atoms with van der Waals surface area (Å²) in [4.78, 5) is 22.3. The van der Waals surface area contributed by atoms with Crippen LogP contribution in [0.2, 0.25) is 0 Å². The highest BCUT2D eigenvalue weighted by molar-refractivity contribution is 5.89. The average Bonchev–Trinajstić information content (AvgIpc) is 3.14. The fourth-order valence-corrected chi connectivity index (χ4v) is 2.57. The van der Waals surface area contributed by atoms with E-state index in [1.807, 2.05) is 25.1 Å². The molecule has 0 radical (unpaired) electrons. The van der Waals surface area contributed by atoms with Crippen LogP contribution in [0, 0.1) is 24.0 Å². The molecule has 9 nitrogen and oxygen atoms in total. The Morgan fingerprint density at radius 2 is 2.04 bits per heavy atom. The summed E-state index contributed by atoms with van der Waals surface area (Å²) in [6.07, 6.45) is 1.78. The molecule has 0 aliphatic heterocycles. The number of aromatic nitrogens is 4. The van der Waals surface area contributed by atoms with Gasteiger partial charge in [-0.15, -0.1) is 0 Å². The topological polar surface area (TPSA) is 108 Å². The number of amides is 1. The molecule has 0 aliphatic carbocycles. The van der Waals surface area contributed by atoms with Crippen LogP contribution in [0.4, 0.5) is 11.6 Å². The summed E-state index contributed by atoms with van der Waals surface area (Å²) in [6.45, 7) is 4.16. The fraction of sp³-hybridized carbons (Fsp3) is 0.235. The Balaban J connectivity index is 1.62. The first kappa shape index (κ1) is 17.3. The third kappa shape index (κ3) is 4.12. The molecule has 2 heterocycles. The smallest absolute Gasteiger partial charge is 0.358 e. The van der Waals surface area contributed by atoms with Crippen LogP contribution in [-0.4, -0.2) is 30.4 Å². The van der Waals surface area contributed by atoms with Crippen molar-refractivity contribution in [3.05, 3.63) is 69.5 Å². The van der Waals surface area contributed by atoms with E-state index >= 15 is 0 Å². The Hall–Kier alpha value is -3.49. The van der Waals surface area contributed by atoms with Gasteiger partial charge in [0.05, 0.1) is 23.4 Å². The third-order valence-electron chi connectivity index (χ3n) is 3.78. The Kier molecular flexibility index (Phi) is 4.78. The number of carbonyl (C=O) groups excluding carboxylic acids is 1. The Morgan fingerprint density at radius 1 is 1.23 bits per heavy atom. The first-order chi connectivity index (χ1) is 12.4. The van der Waals surface area contributed by atoms with E-state index in [2.05, 4.69) is 21.6 Å². The molecule has 0 spiro atoms. The quantitative estimate of drug-likeness (QED) is 0.540. The van der Waals surface area contributed by atoms with Gasteiger partial charge in [0, 0.05) is 12.3 Å². The van der Waals surface area contributed by atoms with Crippen molar-refractivity contribution in [2.24, 2.45) is 0 Å². The summed E-state index contributed by atoms with van der Waals surface area (Å²) in [5.41, 5.74) is 2.83. The van der Waals surface area contributed by atoms with Crippen LogP contribution in [0.1, 0.15) is 16.8 Å². The lowest BCUT2D eigenvalue weighted by Crippen LogP contribution is -2.20. The van der Waals surface area contributed by atoms with Gasteiger partial charge in [0.25, 0.3) is 0 Å². The highest BCUT2D eigenvalue weighted by atomic mass is 16.6. The fourth-order valence-electron chi connectivity index (χ4n) is 2.57. The zero-order valence-electron chi connectivity index (χ0n) is 14.4. The SMILES string of the molecule is Cc1cccc(Cn2ccc(NC(=O)Cn3nc([N+](=O)[O-])cc3C)n2)c1. The normalized spacial score (nSPS) is 10.7. The zero-order valence-corrected chi connectivity index (χ0v) is 14.4. The molecule has 9 heteroatoms. The molecule has 3 aromatic rings. The molecule has 0 saturated carbocycles. The minimum absolute atomic E-state index is 0.121. The third-order valence-corrected chi connectivity index (χ3v) is 3.78. The predicted octanol–water partition coefficient (Wildman–Crippen LogP) is 2.29. The largest absolute Gasteiger partial charge is 0.390 e. The summed E-state index contributed by atoms with van der Waals surface area (Å²) in [5, 5.41) is 21.5. The lowest BCUT2D eigenvalue weighted by Gasteiger charge is -2.04. The van der Waals surface area contributed by atoms with Gasteiger partial charge in [-0.1, -0.05) is 29.8 Å². The van der Waals surface area contributed by atoms with E-state index in [1.54, 1.807) is 23.9 Å². The molecule has 3 rings (SSSR count). The molecule has 1 N–H and O–H groups in total. The van der Waals surface area contributed by atoms with Crippen LogP contribution >= 0.6 is 0 Å². The van der Waals surface area contributed by atoms with Crippen molar-refractivity contribution in [1.29, 1.82) is 0 Å². The Morgan fingerprint density at radius 3 is 2.73 bits per heavy atom. The Bertz CT molecular complexity index is 959. The lowest BCUT2D eigenvalue weighted by molar-refractivity contribution is -0.389. The van der Waals surface area contributed by atoms with Crippen LogP contribution in [0.3, 0.4) is 0 Å². The molecule has 0 atom stereocenters. The number of nitro groups is 1. The van der Waals surface area contributed by atoms with Gasteiger partial charge < -0.3 is 15.4 Å². The summed E-state index contributed by atoms with van der Waals surface area (Å²) >= 11 is 0. The van der Waals surface area contributed by atoms with Crippen molar-refractivity contribution in [3.63, 3.8) is 0 Å². The first-order valence-electron chi connectivity index (χ1n) is 7.98. The standard InChI is InChI=1S/C17H18N6O3/c1-12-4-3-5-14(8-12)10-21-7-6-15(19-21)18-17(24)11-22-13(2)9-16(20-22)23(25)26/h3-9H,10-11H2,1-2H3,(H,18,19,24). The predicted molar refractivity (Wildman–Crippen MR) is 94.8 cm³/mol. The van der Waals surface area contributed by atoms with E-state index in [4.69, 9.17) is 0 Å². The van der Waals surface area contributed by atoms with Crippen LogP contribution in [0.5, 0.6) is 0 Å². The highest BCUT2D eigenvalue weighted by Gasteiger charge is 2.17. The van der Waals surface area contributed by atoms with Gasteiger partial charge in [0.1, 0.15) is 6.54 Å². The number of anilines is 1. The second kappa shape index (κ2) is 7.18. The van der Waals surface area contributed by atoms with Crippen LogP contribution in [0.15, 0.2) is 42.6 Å². The molecule has 134 valence electrons. The molecule has 1 aromatic carbocycles. The van der Waals surface area contributed by atoms with E-state index in [-0.39, 0.29) is 18.3 Å². The van der Waals surface area contributed by atoms with Crippen molar-refractivity contribution >= 4 is 17.5 Å². The van der Waals surface area contributed by atoms with Crippen molar-refractivity contribution in [3.8, 4) is 0 Å². The second-order valence-electron chi connectivity index (χ2n) is 5.99. The number of carbonyl (C=O) groups is 1. The number of aryl methyl sites for hydroxylation is 2. The first-order valence-corrected chi connectivity index (χ1v) is 7.98. The van der Waals surface area contributed by atoms with Crippen LogP contribution in [-0.2, 0) is 17.9 Å². The second-order valence-corrected chi connectivity index (χ2v) is 5.99. The molecule has 0 saturated heterocycles. The number of nitrogens with zero attached hydrogens (tertiary/aromatic N) is 5. The highest BCUT2D eigenvalue weighted by Crippen LogP contribution is 2.12. The number of benzene rings is 1. The number of hydrogen-bond acceptors (Lipinski definition) is 5. The average molecular weight is 354 g/mol. The molecule has 1 amide bonds. The van der Waals surface area contributed by atoms with Crippen LogP contribution < -0.4 is 5.32 Å². The summed E-state index contributed by atoms with van der Waals surface area (Å²) in [6, 6.07) is 11.1. The molecule has 2 aromatic heterocycles. The number of rotatable bonds is 6. The van der Waals surface area contributed by atoms with E-state index in [0.717, 1.165) is 5.56 Å². The van der Waals surface area contributed by atoms with Gasteiger partial charge in [-0.3, -0.25) is 9.48 Å². The molecule has 0 aliphatic rings. The van der Waals surface area contributed by atoms with Crippen molar-refractivity contribution in [2.45, 2.75) is 26.9 Å². The van der Waals surface area contributed by atoms with Gasteiger partial charge in [0.2, 0.25) is 5.91 Å². The Labute approximate surface area is 149 Å². The van der Waals surface area contributed by atoms with Gasteiger partial charge in [-0.25, -0.2) is 0 Å². The van der Waals surface area contributed by atoms with E-state index in [0.29, 0.717) is 18.1 Å². The van der Waals surface area contributed by atoms with Gasteiger partial charge in [0.15, 0.2) is 5.82 Å². The maximum absolute atomic E-state index is 12.1. The maximum Gasteiger partial charge on any atom is 0.390 e. The van der Waals surface area contributed by atoms with Crippen LogP contribution in [0.25, 0.3) is 0 Å². The van der Waals surface area contributed by atoms with E-state index in [1.165, 1.54) is 16.3 Å². The number of nitrogens with one attached hydrogen (secondary N) is 1. The molecule has 0 bridgehead atoms. The van der Waals surface area contributed by atoms with Gasteiger partial charge in [-0.2, -0.15) is 9.78 Å². The minimum Gasteiger partial charge on any atom is -0.358 e.